The number of para-hydroxylation sites is 2. The van der Waals surface area contributed by atoms with Gasteiger partial charge in [-0.15, -0.1) is 0 Å². The monoisotopic (exact) mass is 405 g/mol. The number of carbonyl (C=O) groups is 3. The van der Waals surface area contributed by atoms with E-state index in [9.17, 15) is 14.4 Å². The van der Waals surface area contributed by atoms with Crippen molar-refractivity contribution in [1.82, 2.24) is 10.9 Å². The van der Waals surface area contributed by atoms with Crippen molar-refractivity contribution in [3.05, 3.63) is 53.1 Å². The highest BCUT2D eigenvalue weighted by Crippen LogP contribution is 2.30. The number of halogens is 1. The van der Waals surface area contributed by atoms with E-state index in [0.29, 0.717) is 16.5 Å². The van der Waals surface area contributed by atoms with E-state index in [1.807, 2.05) is 0 Å². The van der Waals surface area contributed by atoms with Gasteiger partial charge in [0.25, 0.3) is 11.8 Å². The summed E-state index contributed by atoms with van der Waals surface area (Å²) in [7, 11) is 0. The highest BCUT2D eigenvalue weighted by Gasteiger charge is 2.27. The molecule has 2 aromatic carbocycles. The van der Waals surface area contributed by atoms with Crippen molar-refractivity contribution < 1.29 is 28.6 Å². The predicted molar refractivity (Wildman–Crippen MR) is 98.8 cm³/mol. The van der Waals surface area contributed by atoms with Crippen LogP contribution in [0.15, 0.2) is 42.5 Å². The van der Waals surface area contributed by atoms with E-state index in [4.69, 9.17) is 31.5 Å². The smallest absolute Gasteiger partial charge is 0.338 e. The second-order valence-corrected chi connectivity index (χ2v) is 6.12. The van der Waals surface area contributed by atoms with Crippen LogP contribution in [0.25, 0.3) is 0 Å². The molecule has 2 aromatic rings. The number of hydrazine groups is 1. The topological polar surface area (TPSA) is 129 Å². The lowest BCUT2D eigenvalue weighted by Crippen LogP contribution is -2.51. The molecule has 1 atom stereocenters. The minimum Gasteiger partial charge on any atom is -0.485 e. The number of rotatable bonds is 4. The SMILES string of the molecule is Nc1cc(C(=O)OCC(=O)NNC(=O)[C@@H]2COc3ccccc3O2)ccc1Cl. The molecule has 0 spiro atoms. The van der Waals surface area contributed by atoms with Crippen LogP contribution in [0.4, 0.5) is 5.69 Å². The molecule has 2 amide bonds. The highest BCUT2D eigenvalue weighted by atomic mass is 35.5. The molecule has 9 nitrogen and oxygen atoms in total. The minimum absolute atomic E-state index is 0.00824. The molecular formula is C18H16ClN3O6. The van der Waals surface area contributed by atoms with Crippen LogP contribution in [0.5, 0.6) is 11.5 Å². The lowest BCUT2D eigenvalue weighted by atomic mass is 10.2. The van der Waals surface area contributed by atoms with Crippen LogP contribution in [0, 0.1) is 0 Å². The highest BCUT2D eigenvalue weighted by molar-refractivity contribution is 6.33. The van der Waals surface area contributed by atoms with Crippen molar-refractivity contribution in [2.75, 3.05) is 18.9 Å². The fraction of sp³-hybridized carbons (Fsp3) is 0.167. The Morgan fingerprint density at radius 1 is 1.14 bits per heavy atom. The number of carbonyl (C=O) groups excluding carboxylic acids is 3. The molecule has 146 valence electrons. The molecule has 1 heterocycles. The van der Waals surface area contributed by atoms with Gasteiger partial charge in [0, 0.05) is 0 Å². The van der Waals surface area contributed by atoms with Crippen molar-refractivity contribution in [3.8, 4) is 11.5 Å². The Morgan fingerprint density at radius 3 is 2.64 bits per heavy atom. The second kappa shape index (κ2) is 8.49. The van der Waals surface area contributed by atoms with E-state index >= 15 is 0 Å². The van der Waals surface area contributed by atoms with Gasteiger partial charge in [-0.25, -0.2) is 4.79 Å². The maximum Gasteiger partial charge on any atom is 0.338 e. The molecule has 0 aromatic heterocycles. The molecule has 0 radical (unpaired) electrons. The van der Waals surface area contributed by atoms with Gasteiger partial charge in [0.15, 0.2) is 18.1 Å². The number of nitrogens with two attached hydrogens (primary N) is 1. The molecule has 0 unspecified atom stereocenters. The molecule has 0 aliphatic carbocycles. The molecule has 1 aliphatic heterocycles. The standard InChI is InChI=1S/C18H16ClN3O6/c19-11-6-5-10(7-12(11)20)18(25)27-9-16(23)21-22-17(24)15-8-26-13-3-1-2-4-14(13)28-15/h1-7,15H,8-9,20H2,(H,21,23)(H,22,24)/t15-/m0/s1. The molecule has 0 saturated heterocycles. The van der Waals surface area contributed by atoms with Crippen molar-refractivity contribution in [2.24, 2.45) is 0 Å². The van der Waals surface area contributed by atoms with Crippen LogP contribution >= 0.6 is 11.6 Å². The maximum absolute atomic E-state index is 12.1. The summed E-state index contributed by atoms with van der Waals surface area (Å²) in [5.74, 6) is -1.15. The van der Waals surface area contributed by atoms with Crippen LogP contribution in [0.1, 0.15) is 10.4 Å². The third kappa shape index (κ3) is 4.63. The minimum atomic E-state index is -0.935. The average Bonchev–Trinajstić information content (AvgIpc) is 2.71. The van der Waals surface area contributed by atoms with E-state index in [1.165, 1.54) is 18.2 Å². The quantitative estimate of drug-likeness (QED) is 0.394. The first-order valence-electron chi connectivity index (χ1n) is 8.13. The molecule has 0 fully saturated rings. The van der Waals surface area contributed by atoms with Crippen molar-refractivity contribution in [3.63, 3.8) is 0 Å². The van der Waals surface area contributed by atoms with Crippen molar-refractivity contribution in [2.45, 2.75) is 6.10 Å². The third-order valence-corrected chi connectivity index (χ3v) is 4.04. The fourth-order valence-electron chi connectivity index (χ4n) is 2.28. The lowest BCUT2D eigenvalue weighted by Gasteiger charge is -2.25. The van der Waals surface area contributed by atoms with E-state index < -0.39 is 30.5 Å². The number of amides is 2. The zero-order valence-electron chi connectivity index (χ0n) is 14.4. The van der Waals surface area contributed by atoms with E-state index in [-0.39, 0.29) is 17.9 Å². The van der Waals surface area contributed by atoms with Gasteiger partial charge < -0.3 is 19.9 Å². The van der Waals surface area contributed by atoms with Gasteiger partial charge in [0.2, 0.25) is 6.10 Å². The van der Waals surface area contributed by atoms with Crippen LogP contribution in [0.2, 0.25) is 5.02 Å². The first kappa shape index (κ1) is 19.3. The maximum atomic E-state index is 12.1. The fourth-order valence-corrected chi connectivity index (χ4v) is 2.40. The Morgan fingerprint density at radius 2 is 1.89 bits per heavy atom. The number of nitrogen functional groups attached to an aromatic ring is 1. The summed E-state index contributed by atoms with van der Waals surface area (Å²) < 4.78 is 15.8. The second-order valence-electron chi connectivity index (χ2n) is 5.71. The van der Waals surface area contributed by atoms with Crippen LogP contribution < -0.4 is 26.1 Å². The Balaban J connectivity index is 1.43. The largest absolute Gasteiger partial charge is 0.485 e. The zero-order chi connectivity index (χ0) is 20.1. The Labute approximate surface area is 164 Å². The first-order chi connectivity index (χ1) is 13.4. The molecular weight excluding hydrogens is 390 g/mol. The van der Waals surface area contributed by atoms with Crippen LogP contribution in [0.3, 0.4) is 0 Å². The number of nitrogens with one attached hydrogen (secondary N) is 2. The first-order valence-corrected chi connectivity index (χ1v) is 8.51. The molecule has 4 N–H and O–H groups in total. The molecule has 28 heavy (non-hydrogen) atoms. The van der Waals surface area contributed by atoms with Crippen LogP contribution in [-0.4, -0.2) is 37.1 Å². The summed E-state index contributed by atoms with van der Waals surface area (Å²) >= 11 is 5.78. The summed E-state index contributed by atoms with van der Waals surface area (Å²) in [4.78, 5) is 35.7. The van der Waals surface area contributed by atoms with Gasteiger partial charge in [-0.1, -0.05) is 23.7 Å². The number of esters is 1. The molecule has 0 saturated carbocycles. The molecule has 3 rings (SSSR count). The molecule has 10 heteroatoms. The van der Waals surface area contributed by atoms with Gasteiger partial charge in [0.05, 0.1) is 16.3 Å². The van der Waals surface area contributed by atoms with Crippen molar-refractivity contribution >= 4 is 35.1 Å². The van der Waals surface area contributed by atoms with Gasteiger partial charge in [-0.3, -0.25) is 20.4 Å². The summed E-state index contributed by atoms with van der Waals surface area (Å²) in [6, 6.07) is 11.1. The molecule has 0 bridgehead atoms. The summed E-state index contributed by atoms with van der Waals surface area (Å²) in [6.07, 6.45) is -0.935. The van der Waals surface area contributed by atoms with Gasteiger partial charge >= 0.3 is 5.97 Å². The van der Waals surface area contributed by atoms with Gasteiger partial charge in [-0.2, -0.15) is 0 Å². The summed E-state index contributed by atoms with van der Waals surface area (Å²) in [6.45, 7) is -0.613. The summed E-state index contributed by atoms with van der Waals surface area (Å²) in [5, 5.41) is 0.300. The Kier molecular flexibility index (Phi) is 5.85. The molecule has 1 aliphatic rings. The van der Waals surface area contributed by atoms with Gasteiger partial charge in [-0.05, 0) is 30.3 Å². The Hall–Kier alpha value is -3.46. The average molecular weight is 406 g/mol. The number of ether oxygens (including phenoxy) is 3. The number of hydrogen-bond donors (Lipinski definition) is 3. The summed E-state index contributed by atoms with van der Waals surface area (Å²) in [5.41, 5.74) is 10.3. The zero-order valence-corrected chi connectivity index (χ0v) is 15.2. The Bertz CT molecular complexity index is 920. The van der Waals surface area contributed by atoms with E-state index in [1.54, 1.807) is 24.3 Å². The predicted octanol–water partition coefficient (Wildman–Crippen LogP) is 1.07. The number of fused-ring (bicyclic) bond motifs is 1. The van der Waals surface area contributed by atoms with E-state index in [2.05, 4.69) is 10.9 Å². The number of anilines is 1. The van der Waals surface area contributed by atoms with Crippen LogP contribution in [-0.2, 0) is 14.3 Å². The normalized spacial score (nSPS) is 14.7. The number of benzene rings is 2. The van der Waals surface area contributed by atoms with E-state index in [0.717, 1.165) is 0 Å². The third-order valence-electron chi connectivity index (χ3n) is 3.69. The van der Waals surface area contributed by atoms with Gasteiger partial charge in [0.1, 0.15) is 6.61 Å². The van der Waals surface area contributed by atoms with Crippen molar-refractivity contribution in [1.29, 1.82) is 0 Å². The number of hydrogen-bond acceptors (Lipinski definition) is 7. The lowest BCUT2D eigenvalue weighted by molar-refractivity contribution is -0.135.